The van der Waals surface area contributed by atoms with E-state index in [0.717, 1.165) is 24.1 Å². The average molecular weight is 415 g/mol. The largest absolute Gasteiger partial charge is 0.337 e. The average Bonchev–Trinajstić information content (AvgIpc) is 3.09. The summed E-state index contributed by atoms with van der Waals surface area (Å²) < 4.78 is 27.5. The smallest absolute Gasteiger partial charge is 0.243 e. The first-order valence-corrected chi connectivity index (χ1v) is 11.4. The fraction of sp³-hybridized carbons (Fsp3) is 0.429. The van der Waals surface area contributed by atoms with Crippen molar-refractivity contribution in [2.75, 3.05) is 32.7 Å². The maximum absolute atomic E-state index is 13.0. The second-order valence-electron chi connectivity index (χ2n) is 7.63. The van der Waals surface area contributed by atoms with Crippen LogP contribution in [0.3, 0.4) is 0 Å². The number of likely N-dealkylation sites (tertiary alicyclic amines) is 1. The predicted octanol–water partition coefficient (Wildman–Crippen LogP) is 1.50. The molecule has 29 heavy (non-hydrogen) atoms. The van der Waals surface area contributed by atoms with Crippen LogP contribution in [0, 0.1) is 6.92 Å². The van der Waals surface area contributed by atoms with Crippen LogP contribution in [0.5, 0.6) is 0 Å². The molecular formula is C21H26N4O3S. The van der Waals surface area contributed by atoms with Crippen molar-refractivity contribution < 1.29 is 13.2 Å². The zero-order valence-electron chi connectivity index (χ0n) is 16.6. The van der Waals surface area contributed by atoms with Crippen LogP contribution >= 0.6 is 0 Å². The van der Waals surface area contributed by atoms with Gasteiger partial charge in [0.1, 0.15) is 0 Å². The van der Waals surface area contributed by atoms with E-state index >= 15 is 0 Å². The molecule has 0 bridgehead atoms. The first kappa shape index (κ1) is 20.0. The molecule has 1 unspecified atom stereocenters. The Bertz CT molecular complexity index is 972. The molecule has 4 rings (SSSR count). The van der Waals surface area contributed by atoms with Gasteiger partial charge in [-0.2, -0.15) is 4.31 Å². The first-order valence-electron chi connectivity index (χ1n) is 9.94. The third-order valence-electron chi connectivity index (χ3n) is 5.79. The molecule has 0 saturated carbocycles. The van der Waals surface area contributed by atoms with Crippen molar-refractivity contribution in [2.45, 2.75) is 30.8 Å². The number of benzene rings is 1. The lowest BCUT2D eigenvalue weighted by Gasteiger charge is -2.36. The molecule has 154 valence electrons. The second kappa shape index (κ2) is 8.22. The molecule has 0 radical (unpaired) electrons. The molecule has 2 saturated heterocycles. The Labute approximate surface area is 172 Å². The first-order chi connectivity index (χ1) is 14.0. The summed E-state index contributed by atoms with van der Waals surface area (Å²) in [7, 11) is -3.50. The van der Waals surface area contributed by atoms with Gasteiger partial charge in [0, 0.05) is 51.7 Å². The summed E-state index contributed by atoms with van der Waals surface area (Å²) in [5.41, 5.74) is 1.78. The van der Waals surface area contributed by atoms with Gasteiger partial charge in [0.25, 0.3) is 0 Å². The van der Waals surface area contributed by atoms with E-state index in [4.69, 9.17) is 0 Å². The molecule has 8 heteroatoms. The van der Waals surface area contributed by atoms with Crippen LogP contribution in [-0.2, 0) is 21.4 Å². The lowest BCUT2D eigenvalue weighted by Crippen LogP contribution is -2.53. The molecule has 2 fully saturated rings. The van der Waals surface area contributed by atoms with Gasteiger partial charge < -0.3 is 4.90 Å². The molecule has 2 aromatic rings. The molecule has 1 atom stereocenters. The van der Waals surface area contributed by atoms with Gasteiger partial charge in [-0.3, -0.25) is 14.7 Å². The van der Waals surface area contributed by atoms with Crippen molar-refractivity contribution in [3.05, 3.63) is 59.9 Å². The van der Waals surface area contributed by atoms with Crippen molar-refractivity contribution in [3.63, 3.8) is 0 Å². The van der Waals surface area contributed by atoms with Gasteiger partial charge in [-0.05, 0) is 36.6 Å². The topological polar surface area (TPSA) is 73.8 Å². The number of nitrogens with zero attached hydrogens (tertiary/aromatic N) is 4. The molecule has 1 aromatic carbocycles. The van der Waals surface area contributed by atoms with Gasteiger partial charge in [0.05, 0.1) is 10.9 Å². The van der Waals surface area contributed by atoms with E-state index in [2.05, 4.69) is 9.88 Å². The monoisotopic (exact) mass is 414 g/mol. The van der Waals surface area contributed by atoms with Gasteiger partial charge >= 0.3 is 0 Å². The maximum Gasteiger partial charge on any atom is 0.243 e. The normalized spacial score (nSPS) is 21.6. The predicted molar refractivity (Wildman–Crippen MR) is 110 cm³/mol. The lowest BCUT2D eigenvalue weighted by molar-refractivity contribution is -0.133. The molecule has 3 heterocycles. The summed E-state index contributed by atoms with van der Waals surface area (Å²) in [6, 6.07) is 10.8. The van der Waals surface area contributed by atoms with Gasteiger partial charge in [0.2, 0.25) is 15.9 Å². The fourth-order valence-electron chi connectivity index (χ4n) is 4.17. The highest BCUT2D eigenvalue weighted by molar-refractivity contribution is 7.89. The standard InChI is InChI=1S/C21H26N4O3S/c1-17-5-2-3-7-20(17)29(27,28)25-13-11-23(12-14-25)19-8-10-24(21(19)26)16-18-6-4-9-22-15-18/h2-7,9,15,19H,8,10-14,16H2,1H3. The Balaban J connectivity index is 1.38. The quantitative estimate of drug-likeness (QED) is 0.741. The highest BCUT2D eigenvalue weighted by Crippen LogP contribution is 2.24. The van der Waals surface area contributed by atoms with E-state index < -0.39 is 10.0 Å². The van der Waals surface area contributed by atoms with Crippen molar-refractivity contribution >= 4 is 15.9 Å². The highest BCUT2D eigenvalue weighted by atomic mass is 32.2. The van der Waals surface area contributed by atoms with Gasteiger partial charge in [0.15, 0.2) is 0 Å². The zero-order chi connectivity index (χ0) is 20.4. The van der Waals surface area contributed by atoms with Crippen molar-refractivity contribution in [3.8, 4) is 0 Å². The Morgan fingerprint density at radius 3 is 2.48 bits per heavy atom. The summed E-state index contributed by atoms with van der Waals surface area (Å²) in [5, 5.41) is 0. The van der Waals surface area contributed by atoms with Crippen molar-refractivity contribution in [1.82, 2.24) is 19.1 Å². The Morgan fingerprint density at radius 1 is 1.03 bits per heavy atom. The fourth-order valence-corrected chi connectivity index (χ4v) is 5.82. The molecule has 7 nitrogen and oxygen atoms in total. The number of pyridine rings is 1. The third kappa shape index (κ3) is 4.05. The van der Waals surface area contributed by atoms with Gasteiger partial charge in [-0.15, -0.1) is 0 Å². The summed E-state index contributed by atoms with van der Waals surface area (Å²) in [6.07, 6.45) is 4.29. The second-order valence-corrected chi connectivity index (χ2v) is 9.54. The van der Waals surface area contributed by atoms with E-state index in [1.54, 1.807) is 28.8 Å². The number of hydrogen-bond acceptors (Lipinski definition) is 5. The van der Waals surface area contributed by atoms with Crippen LogP contribution in [0.25, 0.3) is 0 Å². The number of sulfonamides is 1. The van der Waals surface area contributed by atoms with Crippen molar-refractivity contribution in [1.29, 1.82) is 0 Å². The number of carbonyl (C=O) groups is 1. The summed E-state index contributed by atoms with van der Waals surface area (Å²) in [6.45, 7) is 5.07. The van der Waals surface area contributed by atoms with Crippen LogP contribution in [0.15, 0.2) is 53.7 Å². The highest BCUT2D eigenvalue weighted by Gasteiger charge is 2.39. The molecule has 0 aliphatic carbocycles. The SMILES string of the molecule is Cc1ccccc1S(=O)(=O)N1CCN(C2CCN(Cc3cccnc3)C2=O)CC1. The molecule has 1 aromatic heterocycles. The van der Waals surface area contributed by atoms with Crippen LogP contribution in [0.2, 0.25) is 0 Å². The van der Waals surface area contributed by atoms with E-state index in [0.29, 0.717) is 37.6 Å². The molecule has 2 aliphatic heterocycles. The van der Waals surface area contributed by atoms with E-state index in [1.165, 1.54) is 0 Å². The zero-order valence-corrected chi connectivity index (χ0v) is 17.4. The van der Waals surface area contributed by atoms with Crippen LogP contribution in [0.1, 0.15) is 17.5 Å². The molecule has 0 N–H and O–H groups in total. The number of aryl methyl sites for hydroxylation is 1. The number of rotatable bonds is 5. The van der Waals surface area contributed by atoms with Gasteiger partial charge in [-0.25, -0.2) is 8.42 Å². The minimum absolute atomic E-state index is 0.129. The molecule has 2 aliphatic rings. The van der Waals surface area contributed by atoms with Crippen LogP contribution in [-0.4, -0.2) is 72.2 Å². The Kier molecular flexibility index (Phi) is 5.67. The number of piperazine rings is 1. The van der Waals surface area contributed by atoms with Crippen molar-refractivity contribution in [2.24, 2.45) is 0 Å². The lowest BCUT2D eigenvalue weighted by atomic mass is 10.2. The minimum Gasteiger partial charge on any atom is -0.337 e. The third-order valence-corrected chi connectivity index (χ3v) is 7.85. The number of aromatic nitrogens is 1. The van der Waals surface area contributed by atoms with E-state index in [-0.39, 0.29) is 11.9 Å². The maximum atomic E-state index is 13.0. The number of hydrogen-bond donors (Lipinski definition) is 0. The van der Waals surface area contributed by atoms with Crippen LogP contribution in [0.4, 0.5) is 0 Å². The summed E-state index contributed by atoms with van der Waals surface area (Å²) >= 11 is 0. The van der Waals surface area contributed by atoms with E-state index in [9.17, 15) is 13.2 Å². The summed E-state index contributed by atoms with van der Waals surface area (Å²) in [5.74, 6) is 0.129. The molecule has 1 amide bonds. The number of carbonyl (C=O) groups excluding carboxylic acids is 1. The molecular weight excluding hydrogens is 388 g/mol. The summed E-state index contributed by atoms with van der Waals surface area (Å²) in [4.78, 5) is 21.4. The number of amides is 1. The van der Waals surface area contributed by atoms with E-state index in [1.807, 2.05) is 36.1 Å². The minimum atomic E-state index is -3.50. The van der Waals surface area contributed by atoms with Crippen LogP contribution < -0.4 is 0 Å². The van der Waals surface area contributed by atoms with Gasteiger partial charge in [-0.1, -0.05) is 24.3 Å². The Morgan fingerprint density at radius 2 is 1.79 bits per heavy atom. The molecule has 0 spiro atoms. The Hall–Kier alpha value is -2.29.